The summed E-state index contributed by atoms with van der Waals surface area (Å²) >= 11 is 0. The molecule has 0 aliphatic heterocycles. The molecule has 0 radical (unpaired) electrons. The first-order valence-corrected chi connectivity index (χ1v) is 4.23. The van der Waals surface area contributed by atoms with Crippen LogP contribution in [0.15, 0.2) is 6.20 Å². The molecular formula is C9H14N3+. The first kappa shape index (κ1) is 8.79. The lowest BCUT2D eigenvalue weighted by molar-refractivity contribution is -0.707. The van der Waals surface area contributed by atoms with Gasteiger partial charge in [-0.2, -0.15) is 5.26 Å². The molecule has 1 aromatic heterocycles. The molecule has 0 aliphatic carbocycles. The SMILES string of the molecule is CCc1[nH]cc(C)[n+]1CCC#N. The number of hydrogen-bond acceptors (Lipinski definition) is 1. The van der Waals surface area contributed by atoms with E-state index in [4.69, 9.17) is 5.26 Å². The third kappa shape index (κ3) is 1.65. The Bertz CT molecular complexity index is 293. The van der Waals surface area contributed by atoms with Crippen LogP contribution in [0.25, 0.3) is 0 Å². The fourth-order valence-corrected chi connectivity index (χ4v) is 1.32. The lowest BCUT2D eigenvalue weighted by Gasteiger charge is -1.96. The Morgan fingerprint density at radius 2 is 2.42 bits per heavy atom. The summed E-state index contributed by atoms with van der Waals surface area (Å²) in [5, 5.41) is 8.45. The fraction of sp³-hybridized carbons (Fsp3) is 0.556. The molecule has 64 valence electrons. The van der Waals surface area contributed by atoms with Crippen molar-refractivity contribution in [2.45, 2.75) is 33.2 Å². The van der Waals surface area contributed by atoms with E-state index in [-0.39, 0.29) is 0 Å². The summed E-state index contributed by atoms with van der Waals surface area (Å²) in [6.07, 6.45) is 3.55. The quantitative estimate of drug-likeness (QED) is 0.668. The number of hydrogen-bond donors (Lipinski definition) is 1. The highest BCUT2D eigenvalue weighted by Crippen LogP contribution is 1.94. The Morgan fingerprint density at radius 3 is 3.00 bits per heavy atom. The van der Waals surface area contributed by atoms with Gasteiger partial charge in [0.1, 0.15) is 18.4 Å². The molecule has 0 aliphatic rings. The largest absolute Gasteiger partial charge is 0.254 e. The van der Waals surface area contributed by atoms with E-state index in [2.05, 4.69) is 22.5 Å². The number of nitriles is 1. The number of aromatic amines is 1. The topological polar surface area (TPSA) is 43.5 Å². The van der Waals surface area contributed by atoms with E-state index < -0.39 is 0 Å². The second-order valence-electron chi connectivity index (χ2n) is 2.79. The van der Waals surface area contributed by atoms with Crippen molar-refractivity contribution >= 4 is 0 Å². The number of rotatable bonds is 3. The summed E-state index contributed by atoms with van der Waals surface area (Å²) in [6.45, 7) is 4.95. The number of imidazole rings is 1. The van der Waals surface area contributed by atoms with Crippen LogP contribution in [0.5, 0.6) is 0 Å². The smallest absolute Gasteiger partial charge is 0.247 e. The van der Waals surface area contributed by atoms with Gasteiger partial charge < -0.3 is 0 Å². The lowest BCUT2D eigenvalue weighted by atomic mass is 10.4. The average molecular weight is 164 g/mol. The van der Waals surface area contributed by atoms with Crippen LogP contribution in [-0.4, -0.2) is 4.98 Å². The minimum absolute atomic E-state index is 0.580. The minimum Gasteiger partial charge on any atom is -0.247 e. The second-order valence-corrected chi connectivity index (χ2v) is 2.79. The van der Waals surface area contributed by atoms with E-state index >= 15 is 0 Å². The molecule has 3 heteroatoms. The van der Waals surface area contributed by atoms with Crippen LogP contribution in [0, 0.1) is 18.3 Å². The summed E-state index contributed by atoms with van der Waals surface area (Å²) in [5.74, 6) is 1.20. The van der Waals surface area contributed by atoms with Crippen molar-refractivity contribution in [2.75, 3.05) is 0 Å². The first-order valence-electron chi connectivity index (χ1n) is 4.23. The van der Waals surface area contributed by atoms with Gasteiger partial charge in [0.2, 0.25) is 0 Å². The maximum Gasteiger partial charge on any atom is 0.254 e. The number of nitrogens with zero attached hydrogens (tertiary/aromatic N) is 2. The summed E-state index contributed by atoms with van der Waals surface area (Å²) in [5.41, 5.74) is 1.20. The number of aryl methyl sites for hydroxylation is 2. The zero-order valence-electron chi connectivity index (χ0n) is 7.59. The normalized spacial score (nSPS) is 9.75. The zero-order chi connectivity index (χ0) is 8.97. The van der Waals surface area contributed by atoms with E-state index in [1.165, 1.54) is 11.5 Å². The molecule has 12 heavy (non-hydrogen) atoms. The highest BCUT2D eigenvalue weighted by molar-refractivity contribution is 4.87. The van der Waals surface area contributed by atoms with Crippen molar-refractivity contribution in [1.82, 2.24) is 4.98 Å². The van der Waals surface area contributed by atoms with Gasteiger partial charge in [0, 0.05) is 13.3 Å². The van der Waals surface area contributed by atoms with Crippen LogP contribution < -0.4 is 4.57 Å². The number of aromatic nitrogens is 2. The summed E-state index contributed by atoms with van der Waals surface area (Å²) in [6, 6.07) is 2.15. The minimum atomic E-state index is 0.580. The standard InChI is InChI=1S/C9H13N3/c1-3-9-11-7-8(2)12(9)6-4-5-10/h7H,3-4,6H2,1-2H3/p+1. The van der Waals surface area contributed by atoms with Gasteiger partial charge in [-0.15, -0.1) is 0 Å². The molecule has 0 unspecified atom stereocenters. The van der Waals surface area contributed by atoms with Gasteiger partial charge in [-0.05, 0) is 0 Å². The fourth-order valence-electron chi connectivity index (χ4n) is 1.32. The predicted octanol–water partition coefficient (Wildman–Crippen LogP) is 1.09. The molecule has 0 aromatic carbocycles. The predicted molar refractivity (Wildman–Crippen MR) is 45.3 cm³/mol. The van der Waals surface area contributed by atoms with Crippen molar-refractivity contribution in [1.29, 1.82) is 5.26 Å². The number of H-pyrrole nitrogens is 1. The lowest BCUT2D eigenvalue weighted by Crippen LogP contribution is -2.38. The summed E-state index contributed by atoms with van der Waals surface area (Å²) < 4.78 is 2.16. The molecule has 0 saturated heterocycles. The molecule has 0 spiro atoms. The molecule has 0 atom stereocenters. The number of nitrogens with one attached hydrogen (secondary N) is 1. The molecule has 0 amide bonds. The Morgan fingerprint density at radius 1 is 1.67 bits per heavy atom. The van der Waals surface area contributed by atoms with Crippen molar-refractivity contribution in [3.8, 4) is 6.07 Å². The highest BCUT2D eigenvalue weighted by atomic mass is 15.1. The molecule has 0 saturated carbocycles. The van der Waals surface area contributed by atoms with Gasteiger partial charge in [-0.25, -0.2) is 9.55 Å². The maximum absolute atomic E-state index is 8.45. The van der Waals surface area contributed by atoms with Gasteiger partial charge in [0.15, 0.2) is 0 Å². The van der Waals surface area contributed by atoms with Gasteiger partial charge in [0.25, 0.3) is 5.82 Å². The Kier molecular flexibility index (Phi) is 2.87. The molecular weight excluding hydrogens is 150 g/mol. The summed E-state index contributed by atoms with van der Waals surface area (Å²) in [7, 11) is 0. The van der Waals surface area contributed by atoms with Crippen LogP contribution in [0.2, 0.25) is 0 Å². The molecule has 0 bridgehead atoms. The van der Waals surface area contributed by atoms with Crippen LogP contribution >= 0.6 is 0 Å². The van der Waals surface area contributed by atoms with Crippen LogP contribution in [0.4, 0.5) is 0 Å². The molecule has 1 aromatic rings. The van der Waals surface area contributed by atoms with Crippen molar-refractivity contribution < 1.29 is 4.57 Å². The second kappa shape index (κ2) is 3.91. The van der Waals surface area contributed by atoms with Crippen LogP contribution in [0.1, 0.15) is 24.9 Å². The van der Waals surface area contributed by atoms with Gasteiger partial charge >= 0.3 is 0 Å². The van der Waals surface area contributed by atoms with E-state index in [0.717, 1.165) is 13.0 Å². The van der Waals surface area contributed by atoms with Crippen molar-refractivity contribution in [3.63, 3.8) is 0 Å². The van der Waals surface area contributed by atoms with Gasteiger partial charge in [-0.3, -0.25) is 0 Å². The van der Waals surface area contributed by atoms with Gasteiger partial charge in [-0.1, -0.05) is 6.92 Å². The molecule has 1 N–H and O–H groups in total. The average Bonchev–Trinajstić information content (AvgIpc) is 2.43. The summed E-state index contributed by atoms with van der Waals surface area (Å²) in [4.78, 5) is 3.19. The molecule has 3 nitrogen and oxygen atoms in total. The monoisotopic (exact) mass is 164 g/mol. The van der Waals surface area contributed by atoms with Crippen LogP contribution in [0.3, 0.4) is 0 Å². The van der Waals surface area contributed by atoms with E-state index in [9.17, 15) is 0 Å². The zero-order valence-corrected chi connectivity index (χ0v) is 7.59. The first-order chi connectivity index (χ1) is 5.79. The molecule has 0 fully saturated rings. The van der Waals surface area contributed by atoms with E-state index in [0.29, 0.717) is 6.42 Å². The highest BCUT2D eigenvalue weighted by Gasteiger charge is 2.11. The van der Waals surface area contributed by atoms with Crippen LogP contribution in [-0.2, 0) is 13.0 Å². The molecule has 1 rings (SSSR count). The Labute approximate surface area is 72.7 Å². The third-order valence-electron chi connectivity index (χ3n) is 1.98. The van der Waals surface area contributed by atoms with Crippen molar-refractivity contribution in [3.05, 3.63) is 17.7 Å². The third-order valence-corrected chi connectivity index (χ3v) is 1.98. The molecule has 1 heterocycles. The Hall–Kier alpha value is -1.30. The van der Waals surface area contributed by atoms with Crippen molar-refractivity contribution in [2.24, 2.45) is 0 Å². The van der Waals surface area contributed by atoms with Gasteiger partial charge in [0.05, 0.1) is 12.5 Å². The Balaban J connectivity index is 2.81. The van der Waals surface area contributed by atoms with E-state index in [1.54, 1.807) is 0 Å². The van der Waals surface area contributed by atoms with E-state index in [1.807, 2.05) is 13.1 Å². The maximum atomic E-state index is 8.45.